The molecular weight excluding hydrogens is 279 g/mol. The van der Waals surface area contributed by atoms with Crippen LogP contribution in [-0.4, -0.2) is 29.8 Å². The minimum absolute atomic E-state index is 0.0274. The summed E-state index contributed by atoms with van der Waals surface area (Å²) < 4.78 is 37.6. The van der Waals surface area contributed by atoms with Crippen molar-refractivity contribution in [2.24, 2.45) is 0 Å². The first-order chi connectivity index (χ1) is 8.71. The monoisotopic (exact) mass is 293 g/mol. The van der Waals surface area contributed by atoms with Gasteiger partial charge in [-0.1, -0.05) is 6.07 Å². The van der Waals surface area contributed by atoms with Crippen LogP contribution in [0.3, 0.4) is 0 Å². The number of hydrogen-bond donors (Lipinski definition) is 0. The molecule has 0 fully saturated rings. The Bertz CT molecular complexity index is 446. The van der Waals surface area contributed by atoms with Gasteiger partial charge in [0.1, 0.15) is 0 Å². The summed E-state index contributed by atoms with van der Waals surface area (Å²) in [6, 6.07) is 4.41. The van der Waals surface area contributed by atoms with Gasteiger partial charge in [0.05, 0.1) is 5.56 Å². The second kappa shape index (κ2) is 6.28. The maximum atomic E-state index is 12.5. The summed E-state index contributed by atoms with van der Waals surface area (Å²) >= 11 is 5.77. The molecule has 0 heterocycles. The van der Waals surface area contributed by atoms with Crippen molar-refractivity contribution in [1.82, 2.24) is 4.90 Å². The molecule has 0 aliphatic carbocycles. The summed E-state index contributed by atoms with van der Waals surface area (Å²) in [4.78, 5) is 13.3. The number of carbonyl (C=O) groups excluding carboxylic acids is 1. The van der Waals surface area contributed by atoms with Crippen LogP contribution >= 0.6 is 11.6 Å². The van der Waals surface area contributed by atoms with Gasteiger partial charge in [-0.05, 0) is 31.5 Å². The minimum Gasteiger partial charge on any atom is -0.342 e. The second-order valence-electron chi connectivity index (χ2n) is 4.37. The molecule has 1 aromatic rings. The number of carbonyl (C=O) groups is 1. The maximum Gasteiger partial charge on any atom is 0.416 e. The molecule has 0 aromatic heterocycles. The van der Waals surface area contributed by atoms with Crippen molar-refractivity contribution >= 4 is 17.5 Å². The molecule has 0 saturated carbocycles. The minimum atomic E-state index is -4.44. The van der Waals surface area contributed by atoms with Crippen molar-refractivity contribution < 1.29 is 18.0 Å². The van der Waals surface area contributed by atoms with E-state index in [1.54, 1.807) is 14.0 Å². The number of nitrogens with zero attached hydrogens (tertiary/aromatic N) is 1. The van der Waals surface area contributed by atoms with Crippen molar-refractivity contribution in [3.05, 3.63) is 35.4 Å². The third kappa shape index (κ3) is 4.74. The molecule has 0 N–H and O–H groups in total. The topological polar surface area (TPSA) is 20.3 Å². The van der Waals surface area contributed by atoms with Crippen molar-refractivity contribution in [3.8, 4) is 0 Å². The molecule has 19 heavy (non-hydrogen) atoms. The van der Waals surface area contributed by atoms with Crippen LogP contribution in [0.5, 0.6) is 0 Å². The second-order valence-corrected chi connectivity index (χ2v) is 5.12. The van der Waals surface area contributed by atoms with Crippen LogP contribution in [0.25, 0.3) is 0 Å². The molecule has 1 atom stereocenters. The largest absolute Gasteiger partial charge is 0.416 e. The summed E-state index contributed by atoms with van der Waals surface area (Å²) in [5, 5.41) is -0.0863. The van der Waals surface area contributed by atoms with Gasteiger partial charge in [-0.2, -0.15) is 13.2 Å². The molecule has 0 spiro atoms. The van der Waals surface area contributed by atoms with Gasteiger partial charge >= 0.3 is 6.18 Å². The van der Waals surface area contributed by atoms with Crippen LogP contribution in [0, 0.1) is 0 Å². The van der Waals surface area contributed by atoms with Crippen molar-refractivity contribution in [2.75, 3.05) is 13.6 Å². The Morgan fingerprint density at radius 1 is 1.42 bits per heavy atom. The van der Waals surface area contributed by atoms with E-state index in [1.807, 2.05) is 0 Å². The summed E-state index contributed by atoms with van der Waals surface area (Å²) in [5.41, 5.74) is -0.794. The molecular formula is C13H15ClF3NO. The number of amides is 1. The highest BCUT2D eigenvalue weighted by Crippen LogP contribution is 2.29. The zero-order chi connectivity index (χ0) is 14.6. The Kier molecular flexibility index (Phi) is 5.23. The van der Waals surface area contributed by atoms with Gasteiger partial charge in [0.25, 0.3) is 5.91 Å². The van der Waals surface area contributed by atoms with E-state index in [2.05, 4.69) is 0 Å². The fourth-order valence-corrected chi connectivity index (χ4v) is 1.62. The molecule has 6 heteroatoms. The molecule has 1 unspecified atom stereocenters. The van der Waals surface area contributed by atoms with Gasteiger partial charge in [-0.3, -0.25) is 4.79 Å². The highest BCUT2D eigenvalue weighted by molar-refractivity contribution is 6.20. The van der Waals surface area contributed by atoms with Crippen molar-refractivity contribution in [1.29, 1.82) is 0 Å². The molecule has 1 rings (SSSR count). The fraction of sp³-hybridized carbons (Fsp3) is 0.462. The number of alkyl halides is 4. The zero-order valence-electron chi connectivity index (χ0n) is 10.7. The van der Waals surface area contributed by atoms with E-state index in [0.29, 0.717) is 13.0 Å². The smallest absolute Gasteiger partial charge is 0.342 e. The Hall–Kier alpha value is -1.23. The molecule has 0 radical (unpaired) electrons. The molecule has 1 aromatic carbocycles. The highest BCUT2D eigenvalue weighted by atomic mass is 35.5. The van der Waals surface area contributed by atoms with Crippen LogP contribution in [0.15, 0.2) is 24.3 Å². The summed E-state index contributed by atoms with van der Waals surface area (Å²) in [7, 11) is 1.54. The third-order valence-electron chi connectivity index (χ3n) is 2.65. The van der Waals surface area contributed by atoms with Gasteiger partial charge < -0.3 is 4.90 Å². The van der Waals surface area contributed by atoms with E-state index in [-0.39, 0.29) is 10.9 Å². The number of hydrogen-bond acceptors (Lipinski definition) is 1. The van der Waals surface area contributed by atoms with Crippen LogP contribution in [0.1, 0.15) is 29.3 Å². The first-order valence-electron chi connectivity index (χ1n) is 5.78. The van der Waals surface area contributed by atoms with Crippen LogP contribution in [0.4, 0.5) is 13.2 Å². The lowest BCUT2D eigenvalue weighted by Crippen LogP contribution is -2.29. The number of rotatable bonds is 4. The lowest BCUT2D eigenvalue weighted by Gasteiger charge is -2.18. The Labute approximate surface area is 115 Å². The quantitative estimate of drug-likeness (QED) is 0.773. The fourth-order valence-electron chi connectivity index (χ4n) is 1.52. The average molecular weight is 294 g/mol. The number of halogens is 4. The number of benzene rings is 1. The summed E-state index contributed by atoms with van der Waals surface area (Å²) in [5.74, 6) is -0.441. The predicted octanol–water partition coefficient (Wildman–Crippen LogP) is 3.79. The Morgan fingerprint density at radius 3 is 2.58 bits per heavy atom. The van der Waals surface area contributed by atoms with E-state index in [0.717, 1.165) is 12.1 Å². The highest BCUT2D eigenvalue weighted by Gasteiger charge is 2.31. The van der Waals surface area contributed by atoms with Gasteiger partial charge in [0.15, 0.2) is 0 Å². The molecule has 0 aliphatic rings. The maximum absolute atomic E-state index is 12.5. The van der Waals surface area contributed by atoms with Gasteiger partial charge in [0.2, 0.25) is 0 Å². The normalized spacial score (nSPS) is 13.2. The Morgan fingerprint density at radius 2 is 2.05 bits per heavy atom. The summed E-state index contributed by atoms with van der Waals surface area (Å²) in [6.45, 7) is 2.20. The van der Waals surface area contributed by atoms with Crippen molar-refractivity contribution in [2.45, 2.75) is 24.9 Å². The van der Waals surface area contributed by atoms with E-state index >= 15 is 0 Å². The predicted molar refractivity (Wildman–Crippen MR) is 68.3 cm³/mol. The lowest BCUT2D eigenvalue weighted by molar-refractivity contribution is -0.137. The first-order valence-corrected chi connectivity index (χ1v) is 6.22. The van der Waals surface area contributed by atoms with Crippen LogP contribution in [-0.2, 0) is 6.18 Å². The van der Waals surface area contributed by atoms with Gasteiger partial charge in [-0.25, -0.2) is 0 Å². The van der Waals surface area contributed by atoms with E-state index in [1.165, 1.54) is 17.0 Å². The lowest BCUT2D eigenvalue weighted by atomic mass is 10.1. The van der Waals surface area contributed by atoms with Gasteiger partial charge in [0, 0.05) is 24.5 Å². The standard InChI is InChI=1S/C13H15ClF3NO/c1-9(14)6-7-18(2)12(19)10-4-3-5-11(8-10)13(15,16)17/h3-5,8-9H,6-7H2,1-2H3. The first kappa shape index (κ1) is 15.8. The van der Waals surface area contributed by atoms with Crippen molar-refractivity contribution in [3.63, 3.8) is 0 Å². The molecule has 1 amide bonds. The molecule has 106 valence electrons. The van der Waals surface area contributed by atoms with Crippen LogP contribution < -0.4 is 0 Å². The molecule has 0 bridgehead atoms. The molecule has 0 aliphatic heterocycles. The van der Waals surface area contributed by atoms with E-state index in [9.17, 15) is 18.0 Å². The van der Waals surface area contributed by atoms with Gasteiger partial charge in [-0.15, -0.1) is 11.6 Å². The molecule has 0 saturated heterocycles. The average Bonchev–Trinajstić information content (AvgIpc) is 2.34. The SMILES string of the molecule is CC(Cl)CCN(C)C(=O)c1cccc(C(F)(F)F)c1. The van der Waals surface area contributed by atoms with E-state index in [4.69, 9.17) is 11.6 Å². The van der Waals surface area contributed by atoms with Crippen LogP contribution in [0.2, 0.25) is 0 Å². The third-order valence-corrected chi connectivity index (χ3v) is 2.86. The Balaban J connectivity index is 2.82. The zero-order valence-corrected chi connectivity index (χ0v) is 11.4. The van der Waals surface area contributed by atoms with E-state index < -0.39 is 17.6 Å². The summed E-state index contributed by atoms with van der Waals surface area (Å²) in [6.07, 6.45) is -3.86. The molecule has 2 nitrogen and oxygen atoms in total.